The van der Waals surface area contributed by atoms with Crippen molar-refractivity contribution in [1.29, 1.82) is 0 Å². The van der Waals surface area contributed by atoms with E-state index in [1.165, 1.54) is 30.5 Å². The molecule has 0 aliphatic rings. The van der Waals surface area contributed by atoms with E-state index in [4.69, 9.17) is 27.9 Å². The largest absolute Gasteiger partial charge is 0.421 e. The van der Waals surface area contributed by atoms with Gasteiger partial charge in [-0.2, -0.15) is 5.10 Å². The molecular weight excluding hydrogens is 697 g/mol. The summed E-state index contributed by atoms with van der Waals surface area (Å²) in [5.41, 5.74) is 4.58. The zero-order chi connectivity index (χ0) is 29.4. The predicted octanol–water partition coefficient (Wildman–Crippen LogP) is 8.15. The second-order valence-electron chi connectivity index (χ2n) is 8.33. The van der Waals surface area contributed by atoms with Crippen molar-refractivity contribution in [3.8, 4) is 5.75 Å². The molecule has 206 valence electrons. The number of nitrogens with one attached hydrogen (secondary N) is 2. The van der Waals surface area contributed by atoms with Crippen LogP contribution in [-0.2, 0) is 4.79 Å². The molecule has 7 nitrogen and oxygen atoms in total. The number of hydrazone groups is 1. The van der Waals surface area contributed by atoms with Crippen LogP contribution in [0.1, 0.15) is 31.8 Å². The van der Waals surface area contributed by atoms with Crippen LogP contribution in [0.25, 0.3) is 6.08 Å². The smallest absolute Gasteiger partial charge is 0.336 e. The number of halogens is 4. The lowest BCUT2D eigenvalue weighted by Crippen LogP contribution is -2.18. The van der Waals surface area contributed by atoms with Crippen LogP contribution < -0.4 is 15.5 Å². The lowest BCUT2D eigenvalue weighted by atomic mass is 10.1. The molecule has 0 spiro atoms. The maximum atomic E-state index is 12.8. The molecule has 41 heavy (non-hydrogen) atoms. The highest BCUT2D eigenvalue weighted by Crippen LogP contribution is 2.32. The summed E-state index contributed by atoms with van der Waals surface area (Å²) in [6.45, 7) is 0. The van der Waals surface area contributed by atoms with Gasteiger partial charge in [0.2, 0.25) is 0 Å². The van der Waals surface area contributed by atoms with E-state index in [-0.39, 0.29) is 21.9 Å². The van der Waals surface area contributed by atoms with Gasteiger partial charge < -0.3 is 10.1 Å². The lowest BCUT2D eigenvalue weighted by molar-refractivity contribution is -0.128. The first-order valence-electron chi connectivity index (χ1n) is 11.8. The number of anilines is 1. The predicted molar refractivity (Wildman–Crippen MR) is 169 cm³/mol. The molecule has 0 aromatic heterocycles. The molecule has 4 aromatic rings. The third kappa shape index (κ3) is 8.61. The fourth-order valence-electron chi connectivity index (χ4n) is 3.48. The third-order valence-corrected chi connectivity index (χ3v) is 6.97. The lowest BCUT2D eigenvalue weighted by Gasteiger charge is -2.09. The van der Waals surface area contributed by atoms with Crippen molar-refractivity contribution in [3.05, 3.63) is 132 Å². The van der Waals surface area contributed by atoms with Gasteiger partial charge in [-0.25, -0.2) is 10.2 Å². The summed E-state index contributed by atoms with van der Waals surface area (Å²) in [6, 6.07) is 23.6. The first-order chi connectivity index (χ1) is 19.7. The number of carbonyl (C=O) groups excluding carboxylic acids is 3. The van der Waals surface area contributed by atoms with Crippen molar-refractivity contribution < 1.29 is 19.1 Å². The van der Waals surface area contributed by atoms with Crippen LogP contribution in [0.3, 0.4) is 0 Å². The summed E-state index contributed by atoms with van der Waals surface area (Å²) in [6.07, 6.45) is 4.31. The molecule has 0 saturated heterocycles. The fourth-order valence-corrected chi connectivity index (χ4v) is 5.32. The Morgan fingerprint density at radius 1 is 0.854 bits per heavy atom. The molecule has 0 fully saturated rings. The number of hydrogen-bond acceptors (Lipinski definition) is 5. The molecule has 4 aromatic carbocycles. The van der Waals surface area contributed by atoms with Gasteiger partial charge >= 0.3 is 5.97 Å². The van der Waals surface area contributed by atoms with Crippen molar-refractivity contribution in [2.24, 2.45) is 5.10 Å². The van der Waals surface area contributed by atoms with Gasteiger partial charge in [0.25, 0.3) is 11.8 Å². The van der Waals surface area contributed by atoms with E-state index in [9.17, 15) is 14.4 Å². The standard InChI is InChI=1S/C30H19Br2Cl2N3O4/c31-21-13-20(28(25(32)15-21)41-27(38)12-9-18-5-2-1-3-6-18)17-35-37-29(39)19-7-4-8-23(14-19)36-30(40)24-11-10-22(33)16-26(24)34/h1-17H,(H,36,40)(H,37,39)/b12-9+,35-17?. The number of hydrogen-bond donors (Lipinski definition) is 2. The Bertz CT molecular complexity index is 1680. The Balaban J connectivity index is 1.44. The minimum atomic E-state index is -0.589. The summed E-state index contributed by atoms with van der Waals surface area (Å²) < 4.78 is 6.75. The second-order valence-corrected chi connectivity index (χ2v) is 10.9. The Hall–Kier alpha value is -3.76. The molecule has 0 aliphatic heterocycles. The van der Waals surface area contributed by atoms with Gasteiger partial charge in [0.05, 0.1) is 21.3 Å². The molecule has 2 N–H and O–H groups in total. The summed E-state index contributed by atoms with van der Waals surface area (Å²) >= 11 is 18.8. The minimum Gasteiger partial charge on any atom is -0.421 e. The molecule has 0 aliphatic carbocycles. The third-order valence-electron chi connectivity index (χ3n) is 5.38. The monoisotopic (exact) mass is 713 g/mol. The van der Waals surface area contributed by atoms with E-state index < -0.39 is 17.8 Å². The molecule has 4 rings (SSSR count). The number of carbonyl (C=O) groups is 3. The second kappa shape index (κ2) is 14.2. The highest BCUT2D eigenvalue weighted by atomic mass is 79.9. The van der Waals surface area contributed by atoms with E-state index in [0.717, 1.165) is 5.56 Å². The molecular formula is C30H19Br2Cl2N3O4. The maximum Gasteiger partial charge on any atom is 0.336 e. The van der Waals surface area contributed by atoms with Gasteiger partial charge in [-0.05, 0) is 76.1 Å². The van der Waals surface area contributed by atoms with Crippen LogP contribution in [0.2, 0.25) is 10.0 Å². The summed E-state index contributed by atoms with van der Waals surface area (Å²) in [4.78, 5) is 37.9. The topological polar surface area (TPSA) is 96.9 Å². The quantitative estimate of drug-likeness (QED) is 0.0633. The maximum absolute atomic E-state index is 12.8. The van der Waals surface area contributed by atoms with Crippen LogP contribution in [0.5, 0.6) is 5.75 Å². The van der Waals surface area contributed by atoms with Crippen molar-refractivity contribution >= 4 is 90.8 Å². The molecule has 0 atom stereocenters. The van der Waals surface area contributed by atoms with Crippen LogP contribution in [0, 0.1) is 0 Å². The number of benzene rings is 4. The zero-order valence-corrected chi connectivity index (χ0v) is 25.6. The highest BCUT2D eigenvalue weighted by molar-refractivity contribution is 9.11. The average Bonchev–Trinajstić information content (AvgIpc) is 2.94. The van der Waals surface area contributed by atoms with Crippen LogP contribution >= 0.6 is 55.1 Å². The van der Waals surface area contributed by atoms with Crippen molar-refractivity contribution in [3.63, 3.8) is 0 Å². The normalized spacial score (nSPS) is 11.0. The van der Waals surface area contributed by atoms with Gasteiger partial charge in [-0.3, -0.25) is 9.59 Å². The van der Waals surface area contributed by atoms with Crippen LogP contribution in [-0.4, -0.2) is 24.0 Å². The highest BCUT2D eigenvalue weighted by Gasteiger charge is 2.14. The van der Waals surface area contributed by atoms with Gasteiger partial charge in [0, 0.05) is 32.4 Å². The van der Waals surface area contributed by atoms with E-state index in [1.807, 2.05) is 30.3 Å². The molecule has 0 unspecified atom stereocenters. The first kappa shape index (κ1) is 30.2. The molecule has 0 heterocycles. The number of amides is 2. The Morgan fingerprint density at radius 2 is 1.63 bits per heavy atom. The summed E-state index contributed by atoms with van der Waals surface area (Å²) in [7, 11) is 0. The SMILES string of the molecule is O=C(/C=C/c1ccccc1)Oc1c(Br)cc(Br)cc1C=NNC(=O)c1cccc(NC(=O)c2ccc(Cl)cc2Cl)c1. The molecule has 2 amide bonds. The average molecular weight is 716 g/mol. The minimum absolute atomic E-state index is 0.203. The number of nitrogens with zero attached hydrogens (tertiary/aromatic N) is 1. The Morgan fingerprint density at radius 3 is 2.39 bits per heavy atom. The molecule has 0 bridgehead atoms. The Labute approximate surface area is 262 Å². The van der Waals surface area contributed by atoms with E-state index in [0.29, 0.717) is 25.2 Å². The van der Waals surface area contributed by atoms with Gasteiger partial charge in [0.1, 0.15) is 0 Å². The van der Waals surface area contributed by atoms with E-state index >= 15 is 0 Å². The van der Waals surface area contributed by atoms with Gasteiger partial charge in [-0.1, -0.05) is 75.5 Å². The summed E-state index contributed by atoms with van der Waals surface area (Å²) in [5, 5.41) is 7.34. The number of rotatable bonds is 8. The van der Waals surface area contributed by atoms with Crippen molar-refractivity contribution in [1.82, 2.24) is 5.43 Å². The fraction of sp³-hybridized carbons (Fsp3) is 0. The number of ether oxygens (including phenoxy) is 1. The molecule has 11 heteroatoms. The van der Waals surface area contributed by atoms with Crippen LogP contribution in [0.4, 0.5) is 5.69 Å². The van der Waals surface area contributed by atoms with Gasteiger partial charge in [-0.15, -0.1) is 0 Å². The van der Waals surface area contributed by atoms with Crippen molar-refractivity contribution in [2.45, 2.75) is 0 Å². The molecule has 0 saturated carbocycles. The Kier molecular flexibility index (Phi) is 10.5. The van der Waals surface area contributed by atoms with Crippen molar-refractivity contribution in [2.75, 3.05) is 5.32 Å². The van der Waals surface area contributed by atoms with Crippen LogP contribution in [0.15, 0.2) is 105 Å². The number of esters is 1. The van der Waals surface area contributed by atoms with Gasteiger partial charge in [0.15, 0.2) is 5.75 Å². The summed E-state index contributed by atoms with van der Waals surface area (Å²) in [5.74, 6) is -1.35. The van der Waals surface area contributed by atoms with E-state index in [1.54, 1.807) is 42.5 Å². The molecule has 0 radical (unpaired) electrons. The van der Waals surface area contributed by atoms with E-state index in [2.05, 4.69) is 47.7 Å². The zero-order valence-electron chi connectivity index (χ0n) is 20.9. The first-order valence-corrected chi connectivity index (χ1v) is 14.2.